The third kappa shape index (κ3) is 5.92. The molecule has 0 spiro atoms. The zero-order valence-corrected chi connectivity index (χ0v) is 25.9. The van der Waals surface area contributed by atoms with Crippen LogP contribution >= 0.6 is 23.2 Å². The van der Waals surface area contributed by atoms with Gasteiger partial charge in [-0.1, -0.05) is 52.6 Å². The van der Waals surface area contributed by atoms with Crippen LogP contribution in [0, 0.1) is 0 Å². The lowest BCUT2D eigenvalue weighted by Crippen LogP contribution is -2.52. The number of hydrogen-bond acceptors (Lipinski definition) is 6. The van der Waals surface area contributed by atoms with Crippen molar-refractivity contribution in [3.8, 4) is 22.4 Å². The highest BCUT2D eigenvalue weighted by atomic mass is 35.5. The Morgan fingerprint density at radius 2 is 1.71 bits per heavy atom. The number of benzene rings is 2. The molecule has 3 aliphatic rings. The van der Waals surface area contributed by atoms with Crippen LogP contribution in [0.2, 0.25) is 10.0 Å². The number of piperidine rings is 1. The van der Waals surface area contributed by atoms with Crippen LogP contribution in [0.3, 0.4) is 0 Å². The van der Waals surface area contributed by atoms with Gasteiger partial charge in [-0.3, -0.25) is 4.98 Å². The summed E-state index contributed by atoms with van der Waals surface area (Å²) in [5.74, 6) is 0.153. The second kappa shape index (κ2) is 12.5. The minimum Gasteiger partial charge on any atom is -0.478 e. The van der Waals surface area contributed by atoms with Gasteiger partial charge < -0.3 is 24.6 Å². The number of pyridine rings is 1. The molecule has 3 fully saturated rings. The van der Waals surface area contributed by atoms with E-state index in [1.165, 1.54) is 0 Å². The van der Waals surface area contributed by atoms with Crippen molar-refractivity contribution in [3.05, 3.63) is 93.4 Å². The molecule has 0 radical (unpaired) electrons. The van der Waals surface area contributed by atoms with Gasteiger partial charge in [0.05, 0.1) is 28.3 Å². The number of urea groups is 1. The van der Waals surface area contributed by atoms with E-state index in [9.17, 15) is 14.7 Å². The summed E-state index contributed by atoms with van der Waals surface area (Å²) in [6.45, 7) is 0.532. The van der Waals surface area contributed by atoms with Gasteiger partial charge in [-0.05, 0) is 68.4 Å². The minimum atomic E-state index is -1.03. The predicted octanol–water partition coefficient (Wildman–Crippen LogP) is 7.71. The first-order valence-corrected chi connectivity index (χ1v) is 16.0. The van der Waals surface area contributed by atoms with E-state index in [1.54, 1.807) is 48.8 Å². The number of halogens is 2. The van der Waals surface area contributed by atoms with Gasteiger partial charge in [-0.25, -0.2) is 9.59 Å². The Kier molecular flexibility index (Phi) is 8.25. The average Bonchev–Trinajstić information content (AvgIpc) is 3.75. The number of carboxylic acid groups (broad SMARTS) is 1. The summed E-state index contributed by atoms with van der Waals surface area (Å²) in [5.41, 5.74) is 4.32. The van der Waals surface area contributed by atoms with Gasteiger partial charge in [0.1, 0.15) is 11.5 Å². The molecule has 4 aromatic rings. The second-order valence-electron chi connectivity index (χ2n) is 12.0. The summed E-state index contributed by atoms with van der Waals surface area (Å²) in [5, 5.41) is 18.3. The standard InChI is InChI=1S/C34H32Cl2N4O5/c35-27-7-2-8-28(36)30(27)31-26(32(45-39-31)19-9-10-19)18-44-24-14-22-11-12-23(15-24)40(22)34(43)38-17-21-4-1-6-25(33(41)42)29(21)20-5-3-13-37-16-20/h1-8,13,16,19,22-24H,9-12,14-15,17-18H2,(H,38,43)(H,41,42). The first-order chi connectivity index (χ1) is 21.9. The Balaban J connectivity index is 1.03. The van der Waals surface area contributed by atoms with Crippen molar-refractivity contribution >= 4 is 35.2 Å². The van der Waals surface area contributed by atoms with Crippen LogP contribution in [-0.2, 0) is 17.9 Å². The third-order valence-electron chi connectivity index (χ3n) is 9.12. The third-order valence-corrected chi connectivity index (χ3v) is 9.75. The maximum atomic E-state index is 13.5. The molecule has 2 bridgehead atoms. The van der Waals surface area contributed by atoms with Crippen molar-refractivity contribution in [1.82, 2.24) is 20.4 Å². The van der Waals surface area contributed by atoms with Crippen molar-refractivity contribution in [1.29, 1.82) is 0 Å². The van der Waals surface area contributed by atoms with Gasteiger partial charge in [0, 0.05) is 59.2 Å². The molecule has 232 valence electrons. The predicted molar refractivity (Wildman–Crippen MR) is 169 cm³/mol. The number of rotatable bonds is 9. The van der Waals surface area contributed by atoms with E-state index >= 15 is 0 Å². The highest BCUT2D eigenvalue weighted by Gasteiger charge is 2.44. The minimum absolute atomic E-state index is 0.0208. The quantitative estimate of drug-likeness (QED) is 0.191. The molecular formula is C34H32Cl2N4O5. The maximum absolute atomic E-state index is 13.5. The number of carbonyl (C=O) groups excluding carboxylic acids is 1. The van der Waals surface area contributed by atoms with Gasteiger partial charge in [0.15, 0.2) is 0 Å². The van der Waals surface area contributed by atoms with Gasteiger partial charge in [0.25, 0.3) is 0 Å². The van der Waals surface area contributed by atoms with Crippen molar-refractivity contribution in [3.63, 3.8) is 0 Å². The number of fused-ring (bicyclic) bond motifs is 2. The molecule has 2 N–H and O–H groups in total. The van der Waals surface area contributed by atoms with Crippen molar-refractivity contribution in [2.45, 2.75) is 75.8 Å². The molecule has 1 saturated carbocycles. The van der Waals surface area contributed by atoms with Crippen molar-refractivity contribution in [2.24, 2.45) is 0 Å². The van der Waals surface area contributed by atoms with Crippen LogP contribution in [0.15, 0.2) is 65.4 Å². The lowest BCUT2D eigenvalue weighted by molar-refractivity contribution is -0.0172. The van der Waals surface area contributed by atoms with E-state index in [4.69, 9.17) is 32.5 Å². The van der Waals surface area contributed by atoms with E-state index in [0.29, 0.717) is 45.0 Å². The monoisotopic (exact) mass is 646 g/mol. The molecule has 2 saturated heterocycles. The zero-order chi connectivity index (χ0) is 31.1. The van der Waals surface area contributed by atoms with Crippen molar-refractivity contribution < 1.29 is 24.0 Å². The number of aromatic carboxylic acids is 1. The molecule has 2 unspecified atom stereocenters. The largest absolute Gasteiger partial charge is 0.478 e. The Morgan fingerprint density at radius 1 is 0.978 bits per heavy atom. The summed E-state index contributed by atoms with van der Waals surface area (Å²) in [6, 6.07) is 14.1. The molecule has 2 aromatic heterocycles. The summed E-state index contributed by atoms with van der Waals surface area (Å²) < 4.78 is 12.3. The fourth-order valence-corrected chi connectivity index (χ4v) is 7.46. The summed E-state index contributed by atoms with van der Waals surface area (Å²) >= 11 is 13.1. The Hall–Kier alpha value is -3.92. The van der Waals surface area contributed by atoms with Crippen LogP contribution in [0.5, 0.6) is 0 Å². The smallest absolute Gasteiger partial charge is 0.336 e. The van der Waals surface area contributed by atoms with Crippen LogP contribution in [-0.4, -0.2) is 50.3 Å². The number of carbonyl (C=O) groups is 2. The lowest BCUT2D eigenvalue weighted by Gasteiger charge is -2.38. The Morgan fingerprint density at radius 3 is 2.38 bits per heavy atom. The van der Waals surface area contributed by atoms with Gasteiger partial charge in [-0.2, -0.15) is 0 Å². The fourth-order valence-electron chi connectivity index (χ4n) is 6.88. The number of nitrogens with zero attached hydrogens (tertiary/aromatic N) is 3. The second-order valence-corrected chi connectivity index (χ2v) is 12.8. The summed E-state index contributed by atoms with van der Waals surface area (Å²) in [4.78, 5) is 31.7. The van der Waals surface area contributed by atoms with Crippen LogP contribution < -0.4 is 5.32 Å². The summed E-state index contributed by atoms with van der Waals surface area (Å²) in [7, 11) is 0. The van der Waals surface area contributed by atoms with Gasteiger partial charge >= 0.3 is 12.0 Å². The molecule has 2 amide bonds. The van der Waals surface area contributed by atoms with Crippen LogP contribution in [0.4, 0.5) is 4.79 Å². The fraction of sp³-hybridized carbons (Fsp3) is 0.353. The molecule has 1 aliphatic carbocycles. The molecule has 11 heteroatoms. The molecule has 2 aliphatic heterocycles. The van der Waals surface area contributed by atoms with E-state index in [0.717, 1.165) is 55.4 Å². The van der Waals surface area contributed by atoms with Gasteiger partial charge in [0.2, 0.25) is 0 Å². The highest BCUT2D eigenvalue weighted by molar-refractivity contribution is 6.39. The van der Waals surface area contributed by atoms with Crippen molar-refractivity contribution in [2.75, 3.05) is 0 Å². The molecule has 2 aromatic carbocycles. The molecule has 4 heterocycles. The normalized spacial score (nSPS) is 20.8. The Bertz CT molecular complexity index is 1710. The van der Waals surface area contributed by atoms with Crippen LogP contribution in [0.25, 0.3) is 22.4 Å². The Labute approximate surface area is 270 Å². The summed E-state index contributed by atoms with van der Waals surface area (Å²) in [6.07, 6.45) is 8.65. The number of hydrogen-bond donors (Lipinski definition) is 2. The first kappa shape index (κ1) is 29.8. The number of amides is 2. The maximum Gasteiger partial charge on any atom is 0.336 e. The lowest BCUT2D eigenvalue weighted by atomic mass is 9.95. The molecule has 2 atom stereocenters. The number of nitrogens with one attached hydrogen (secondary N) is 1. The van der Waals surface area contributed by atoms with E-state index < -0.39 is 5.97 Å². The molecule has 7 rings (SSSR count). The molecule has 9 nitrogen and oxygen atoms in total. The number of aromatic nitrogens is 2. The SMILES string of the molecule is O=C(O)c1cccc(CNC(=O)N2C3CCC2CC(OCc2c(-c4c(Cl)cccc4Cl)noc2C2CC2)C3)c1-c1cccnc1. The first-order valence-electron chi connectivity index (χ1n) is 15.2. The van der Waals surface area contributed by atoms with E-state index in [-0.39, 0.29) is 36.3 Å². The molecule has 45 heavy (non-hydrogen) atoms. The van der Waals surface area contributed by atoms with Crippen LogP contribution in [0.1, 0.15) is 71.7 Å². The molecular weight excluding hydrogens is 615 g/mol. The number of carboxylic acids is 1. The topological polar surface area (TPSA) is 118 Å². The van der Waals surface area contributed by atoms with Gasteiger partial charge in [-0.15, -0.1) is 0 Å². The van der Waals surface area contributed by atoms with E-state index in [2.05, 4.69) is 15.5 Å². The zero-order valence-electron chi connectivity index (χ0n) is 24.4. The average molecular weight is 648 g/mol. The highest BCUT2D eigenvalue weighted by Crippen LogP contribution is 2.46. The van der Waals surface area contributed by atoms with E-state index in [1.807, 2.05) is 17.0 Å². The number of ether oxygens (including phenoxy) is 1.